The van der Waals surface area contributed by atoms with Gasteiger partial charge in [0.05, 0.1) is 21.9 Å². The lowest BCUT2D eigenvalue weighted by Gasteiger charge is -2.11. The van der Waals surface area contributed by atoms with Crippen molar-refractivity contribution in [2.45, 2.75) is 6.61 Å². The van der Waals surface area contributed by atoms with Crippen LogP contribution in [-0.2, 0) is 4.79 Å². The Hall–Kier alpha value is -1.92. The van der Waals surface area contributed by atoms with Gasteiger partial charge in [0.2, 0.25) is 12.0 Å². The number of ether oxygens (including phenoxy) is 2. The summed E-state index contributed by atoms with van der Waals surface area (Å²) in [7, 11) is 0. The van der Waals surface area contributed by atoms with Gasteiger partial charge in [-0.3, -0.25) is 0 Å². The summed E-state index contributed by atoms with van der Waals surface area (Å²) in [5.41, 5.74) is 0.182. The Kier molecular flexibility index (Phi) is 5.74. The van der Waals surface area contributed by atoms with Crippen molar-refractivity contribution in [3.05, 3.63) is 39.5 Å². The van der Waals surface area contributed by atoms with Gasteiger partial charge in [0.25, 0.3) is 0 Å². The topological polar surface area (TPSA) is 60.8 Å². The molecule has 0 saturated heterocycles. The third-order valence-corrected chi connectivity index (χ3v) is 3.20. The molecule has 10 heteroatoms. The summed E-state index contributed by atoms with van der Waals surface area (Å²) in [5.74, 6) is -0.343. The third kappa shape index (κ3) is 4.53. The number of aliphatic imine (C=N–C) groups is 1. The minimum Gasteiger partial charge on any atom is -0.434 e. The normalized spacial score (nSPS) is 10.3. The largest absolute Gasteiger partial charge is 0.434 e. The first-order valence-electron chi connectivity index (χ1n) is 5.76. The Morgan fingerprint density at radius 3 is 2.30 bits per heavy atom. The number of carbonyl (C=O) groups excluding carboxylic acids is 1. The molecular weight excluding hydrogens is 377 g/mol. The minimum absolute atomic E-state index is 0.00936. The molecule has 1 heterocycles. The van der Waals surface area contributed by atoms with Crippen LogP contribution >= 0.6 is 34.8 Å². The molecule has 0 atom stereocenters. The minimum atomic E-state index is -3.01. The fourth-order valence-corrected chi connectivity index (χ4v) is 2.26. The number of alkyl halides is 2. The fourth-order valence-electron chi connectivity index (χ4n) is 1.51. The molecule has 1 aromatic heterocycles. The lowest BCUT2D eigenvalue weighted by Crippen LogP contribution is -2.02. The summed E-state index contributed by atoms with van der Waals surface area (Å²) in [6.07, 6.45) is 2.35. The van der Waals surface area contributed by atoms with E-state index >= 15 is 0 Å². The molecule has 0 aliphatic carbocycles. The van der Waals surface area contributed by atoms with Gasteiger partial charge >= 0.3 is 6.61 Å². The average Bonchev–Trinajstić information content (AvgIpc) is 2.44. The van der Waals surface area contributed by atoms with Gasteiger partial charge in [-0.25, -0.2) is 9.78 Å². The smallest absolute Gasteiger partial charge is 0.387 e. The van der Waals surface area contributed by atoms with Crippen molar-refractivity contribution in [3.63, 3.8) is 0 Å². The lowest BCUT2D eigenvalue weighted by molar-refractivity contribution is -0.0501. The highest BCUT2D eigenvalue weighted by Gasteiger charge is 2.15. The van der Waals surface area contributed by atoms with Crippen molar-refractivity contribution in [2.75, 3.05) is 0 Å². The van der Waals surface area contributed by atoms with Crippen LogP contribution in [0.15, 0.2) is 29.4 Å². The maximum Gasteiger partial charge on any atom is 0.387 e. The van der Waals surface area contributed by atoms with Crippen molar-refractivity contribution in [2.24, 2.45) is 4.99 Å². The summed E-state index contributed by atoms with van der Waals surface area (Å²) in [5, 5.41) is -0.0141. The SMILES string of the molecule is O=C=Nc1cc(Cl)c(Oc2ncc(OC(F)F)cc2Cl)c(Cl)c1. The maximum absolute atomic E-state index is 12.1. The van der Waals surface area contributed by atoms with E-state index in [4.69, 9.17) is 39.5 Å². The summed E-state index contributed by atoms with van der Waals surface area (Å²) in [6.45, 7) is -3.01. The van der Waals surface area contributed by atoms with Gasteiger partial charge in [0.15, 0.2) is 5.75 Å². The maximum atomic E-state index is 12.1. The first-order valence-corrected chi connectivity index (χ1v) is 6.89. The lowest BCUT2D eigenvalue weighted by atomic mass is 10.3. The average molecular weight is 382 g/mol. The molecule has 120 valence electrons. The van der Waals surface area contributed by atoms with Crippen LogP contribution < -0.4 is 9.47 Å². The van der Waals surface area contributed by atoms with Crippen LogP contribution in [0, 0.1) is 0 Å². The first kappa shape index (κ1) is 17.4. The highest BCUT2D eigenvalue weighted by molar-refractivity contribution is 6.37. The molecule has 0 fully saturated rings. The van der Waals surface area contributed by atoms with E-state index in [1.54, 1.807) is 0 Å². The predicted octanol–water partition coefficient (Wildman–Crippen LogP) is 5.40. The Labute approximate surface area is 143 Å². The number of halogens is 5. The van der Waals surface area contributed by atoms with Crippen LogP contribution in [0.1, 0.15) is 0 Å². The highest BCUT2D eigenvalue weighted by atomic mass is 35.5. The molecule has 0 unspecified atom stereocenters. The summed E-state index contributed by atoms with van der Waals surface area (Å²) >= 11 is 17.8. The zero-order valence-electron chi connectivity index (χ0n) is 10.9. The summed E-state index contributed by atoms with van der Waals surface area (Å²) in [6, 6.07) is 3.73. The number of aromatic nitrogens is 1. The second kappa shape index (κ2) is 7.57. The van der Waals surface area contributed by atoms with Crippen LogP contribution in [0.4, 0.5) is 14.5 Å². The molecule has 1 aromatic carbocycles. The summed E-state index contributed by atoms with van der Waals surface area (Å²) < 4.78 is 33.7. The molecule has 0 N–H and O–H groups in total. The number of rotatable bonds is 5. The molecule has 0 saturated carbocycles. The Morgan fingerprint density at radius 1 is 1.13 bits per heavy atom. The molecular formula is C13H5Cl3F2N2O3. The van der Waals surface area contributed by atoms with Crippen LogP contribution in [0.2, 0.25) is 15.1 Å². The molecule has 0 aliphatic heterocycles. The summed E-state index contributed by atoms with van der Waals surface area (Å²) in [4.78, 5) is 17.3. The monoisotopic (exact) mass is 380 g/mol. The van der Waals surface area contributed by atoms with Gasteiger partial charge in [-0.05, 0) is 12.1 Å². The van der Waals surface area contributed by atoms with Crippen molar-refractivity contribution in [1.29, 1.82) is 0 Å². The molecule has 5 nitrogen and oxygen atoms in total. The highest BCUT2D eigenvalue weighted by Crippen LogP contribution is 2.41. The van der Waals surface area contributed by atoms with Crippen LogP contribution in [0.25, 0.3) is 0 Å². The standard InChI is InChI=1S/C13H5Cl3F2N2O3/c14-8-1-6(20-5-21)2-9(15)11(8)23-12-10(16)3-7(4-19-12)22-13(17)18/h1-4,13H. The predicted molar refractivity (Wildman–Crippen MR) is 80.2 cm³/mol. The van der Waals surface area contributed by atoms with Gasteiger partial charge in [-0.2, -0.15) is 13.8 Å². The molecule has 0 radical (unpaired) electrons. The van der Waals surface area contributed by atoms with E-state index in [-0.39, 0.29) is 38.1 Å². The van der Waals surface area contributed by atoms with Crippen molar-refractivity contribution < 1.29 is 23.0 Å². The number of hydrogen-bond acceptors (Lipinski definition) is 5. The van der Waals surface area contributed by atoms with Crippen LogP contribution in [0.5, 0.6) is 17.4 Å². The fraction of sp³-hybridized carbons (Fsp3) is 0.0769. The quantitative estimate of drug-likeness (QED) is 0.514. The molecule has 0 spiro atoms. The van der Waals surface area contributed by atoms with E-state index in [0.717, 1.165) is 12.3 Å². The Bertz CT molecular complexity index is 760. The molecule has 2 rings (SSSR count). The zero-order chi connectivity index (χ0) is 17.0. The third-order valence-electron chi connectivity index (χ3n) is 2.36. The van der Waals surface area contributed by atoms with Gasteiger partial charge < -0.3 is 9.47 Å². The van der Waals surface area contributed by atoms with E-state index < -0.39 is 6.61 Å². The molecule has 0 aliphatic rings. The Balaban J connectivity index is 2.30. The van der Waals surface area contributed by atoms with E-state index in [1.165, 1.54) is 18.2 Å². The van der Waals surface area contributed by atoms with E-state index in [9.17, 15) is 13.6 Å². The van der Waals surface area contributed by atoms with Gasteiger partial charge in [-0.1, -0.05) is 34.8 Å². The van der Waals surface area contributed by atoms with Gasteiger partial charge in [0, 0.05) is 6.07 Å². The van der Waals surface area contributed by atoms with E-state index in [2.05, 4.69) is 14.7 Å². The zero-order valence-corrected chi connectivity index (χ0v) is 13.2. The van der Waals surface area contributed by atoms with Crippen LogP contribution in [-0.4, -0.2) is 17.7 Å². The van der Waals surface area contributed by atoms with Gasteiger partial charge in [0.1, 0.15) is 10.8 Å². The molecule has 23 heavy (non-hydrogen) atoms. The van der Waals surface area contributed by atoms with Crippen molar-refractivity contribution in [3.8, 4) is 17.4 Å². The molecule has 0 amide bonds. The number of isocyanates is 1. The molecule has 2 aromatic rings. The van der Waals surface area contributed by atoms with Crippen LogP contribution in [0.3, 0.4) is 0 Å². The number of nitrogens with zero attached hydrogens (tertiary/aromatic N) is 2. The van der Waals surface area contributed by atoms with E-state index in [1.807, 2.05) is 0 Å². The number of benzene rings is 1. The number of pyridine rings is 1. The molecule has 0 bridgehead atoms. The number of hydrogen-bond donors (Lipinski definition) is 0. The van der Waals surface area contributed by atoms with E-state index in [0.29, 0.717) is 0 Å². The first-order chi connectivity index (χ1) is 10.9. The van der Waals surface area contributed by atoms with Crippen molar-refractivity contribution >= 4 is 46.6 Å². The van der Waals surface area contributed by atoms with Crippen molar-refractivity contribution in [1.82, 2.24) is 4.98 Å². The van der Waals surface area contributed by atoms with Gasteiger partial charge in [-0.15, -0.1) is 0 Å². The Morgan fingerprint density at radius 2 is 1.78 bits per heavy atom. The second-order valence-electron chi connectivity index (χ2n) is 3.88. The second-order valence-corrected chi connectivity index (χ2v) is 5.10.